The van der Waals surface area contributed by atoms with Crippen LogP contribution in [0.2, 0.25) is 0 Å². The summed E-state index contributed by atoms with van der Waals surface area (Å²) in [5.41, 5.74) is 6.47. The number of ether oxygens (including phenoxy) is 2. The lowest BCUT2D eigenvalue weighted by atomic mass is 9.83. The summed E-state index contributed by atoms with van der Waals surface area (Å²) in [4.78, 5) is 13.5. The highest BCUT2D eigenvalue weighted by Gasteiger charge is 2.25. The van der Waals surface area contributed by atoms with Crippen molar-refractivity contribution in [3.8, 4) is 11.5 Å². The summed E-state index contributed by atoms with van der Waals surface area (Å²) in [5.74, 6) is 1.41. The van der Waals surface area contributed by atoms with Crippen molar-refractivity contribution in [2.75, 3.05) is 0 Å². The molecule has 36 heavy (non-hydrogen) atoms. The first-order valence-electron chi connectivity index (χ1n) is 12.5. The van der Waals surface area contributed by atoms with Crippen molar-refractivity contribution in [1.29, 1.82) is 0 Å². The van der Waals surface area contributed by atoms with E-state index in [-0.39, 0.29) is 17.6 Å². The average molecular weight is 479 g/mol. The van der Waals surface area contributed by atoms with Crippen LogP contribution in [-0.4, -0.2) is 5.78 Å². The van der Waals surface area contributed by atoms with Gasteiger partial charge < -0.3 is 9.47 Å². The molecule has 2 atom stereocenters. The first kappa shape index (κ1) is 25.2. The summed E-state index contributed by atoms with van der Waals surface area (Å²) in [6, 6.07) is 32.3. The van der Waals surface area contributed by atoms with Crippen molar-refractivity contribution in [2.45, 2.75) is 52.7 Å². The second-order valence-electron chi connectivity index (χ2n) is 9.43. The summed E-state index contributed by atoms with van der Waals surface area (Å²) in [7, 11) is 0. The van der Waals surface area contributed by atoms with Crippen LogP contribution in [0.15, 0.2) is 97.1 Å². The molecule has 0 aromatic heterocycles. The fourth-order valence-electron chi connectivity index (χ4n) is 4.61. The fourth-order valence-corrected chi connectivity index (χ4v) is 4.61. The van der Waals surface area contributed by atoms with Gasteiger partial charge in [-0.05, 0) is 71.5 Å². The molecular weight excluding hydrogens is 444 g/mol. The van der Waals surface area contributed by atoms with E-state index in [4.69, 9.17) is 9.47 Å². The molecule has 4 aromatic rings. The SMILES string of the molecule is Cc1cc(OCc2ccccc2)ccc1C(C)C(=O)C(C)c1ccc(OCc2ccccc2)cc1C. The number of aryl methyl sites for hydroxylation is 2. The molecule has 0 fully saturated rings. The molecule has 0 aliphatic carbocycles. The predicted octanol–water partition coefficient (Wildman–Crippen LogP) is 7.94. The van der Waals surface area contributed by atoms with E-state index < -0.39 is 0 Å². The third kappa shape index (κ3) is 6.23. The molecule has 0 bridgehead atoms. The number of hydrogen-bond donors (Lipinski definition) is 0. The molecule has 0 saturated heterocycles. The molecule has 0 radical (unpaired) electrons. The van der Waals surface area contributed by atoms with Crippen LogP contribution in [0.3, 0.4) is 0 Å². The maximum atomic E-state index is 13.5. The van der Waals surface area contributed by atoms with Gasteiger partial charge in [0.2, 0.25) is 0 Å². The van der Waals surface area contributed by atoms with Crippen molar-refractivity contribution >= 4 is 5.78 Å². The molecule has 3 heteroatoms. The fraction of sp³-hybridized carbons (Fsp3) is 0.242. The Morgan fingerprint density at radius 2 is 1.00 bits per heavy atom. The van der Waals surface area contributed by atoms with Gasteiger partial charge in [-0.15, -0.1) is 0 Å². The smallest absolute Gasteiger partial charge is 0.147 e. The standard InChI is InChI=1S/C33H34O3/c1-23-19-29(35-21-27-11-7-5-8-12-27)15-17-31(23)25(3)33(34)26(4)32-18-16-30(20-24(32)2)36-22-28-13-9-6-10-14-28/h5-20,25-26H,21-22H2,1-4H3. The van der Waals surface area contributed by atoms with Gasteiger partial charge in [0.1, 0.15) is 30.5 Å². The number of Topliss-reactive ketones (excluding diaryl/α,β-unsaturated/α-hetero) is 1. The molecule has 0 heterocycles. The minimum Gasteiger partial charge on any atom is -0.489 e. The topological polar surface area (TPSA) is 35.5 Å². The molecule has 3 nitrogen and oxygen atoms in total. The normalized spacial score (nSPS) is 12.6. The van der Waals surface area contributed by atoms with E-state index in [1.54, 1.807) is 0 Å². The highest BCUT2D eigenvalue weighted by molar-refractivity contribution is 5.91. The van der Waals surface area contributed by atoms with Crippen LogP contribution < -0.4 is 9.47 Å². The number of carbonyl (C=O) groups is 1. The molecule has 0 aliphatic heterocycles. The van der Waals surface area contributed by atoms with Gasteiger partial charge in [-0.25, -0.2) is 0 Å². The Morgan fingerprint density at radius 1 is 0.611 bits per heavy atom. The summed E-state index contributed by atoms with van der Waals surface area (Å²) in [6.45, 7) is 9.13. The average Bonchev–Trinajstić information content (AvgIpc) is 2.91. The highest BCUT2D eigenvalue weighted by Crippen LogP contribution is 2.32. The molecule has 2 unspecified atom stereocenters. The van der Waals surface area contributed by atoms with Crippen LogP contribution in [-0.2, 0) is 18.0 Å². The van der Waals surface area contributed by atoms with Gasteiger partial charge in [0.05, 0.1) is 0 Å². The van der Waals surface area contributed by atoms with Crippen molar-refractivity contribution in [3.05, 3.63) is 130 Å². The second kappa shape index (κ2) is 11.7. The largest absolute Gasteiger partial charge is 0.489 e. The van der Waals surface area contributed by atoms with E-state index in [2.05, 4.69) is 0 Å². The van der Waals surface area contributed by atoms with Crippen molar-refractivity contribution < 1.29 is 14.3 Å². The van der Waals surface area contributed by atoms with Crippen molar-refractivity contribution in [2.24, 2.45) is 0 Å². The first-order valence-corrected chi connectivity index (χ1v) is 12.5. The van der Waals surface area contributed by atoms with Gasteiger partial charge in [-0.2, -0.15) is 0 Å². The minimum atomic E-state index is -0.211. The van der Waals surface area contributed by atoms with Crippen LogP contribution >= 0.6 is 0 Å². The summed E-state index contributed by atoms with van der Waals surface area (Å²) >= 11 is 0. The van der Waals surface area contributed by atoms with E-state index in [1.165, 1.54) is 0 Å². The Kier molecular flexibility index (Phi) is 8.22. The summed E-state index contributed by atoms with van der Waals surface area (Å²) in [6.07, 6.45) is 0. The van der Waals surface area contributed by atoms with Gasteiger partial charge in [0, 0.05) is 11.8 Å². The van der Waals surface area contributed by atoms with Crippen molar-refractivity contribution in [1.82, 2.24) is 0 Å². The molecule has 184 valence electrons. The Hall–Kier alpha value is -3.85. The van der Waals surface area contributed by atoms with E-state index in [0.717, 1.165) is 44.9 Å². The van der Waals surface area contributed by atoms with Gasteiger partial charge in [-0.1, -0.05) is 86.6 Å². The number of carbonyl (C=O) groups excluding carboxylic acids is 1. The quantitative estimate of drug-likeness (QED) is 0.232. The van der Waals surface area contributed by atoms with Gasteiger partial charge in [-0.3, -0.25) is 4.79 Å². The number of rotatable bonds is 10. The van der Waals surface area contributed by atoms with Gasteiger partial charge in [0.15, 0.2) is 0 Å². The predicted molar refractivity (Wildman–Crippen MR) is 146 cm³/mol. The van der Waals surface area contributed by atoms with E-state index in [0.29, 0.717) is 13.2 Å². The molecule has 0 saturated carbocycles. The van der Waals surface area contributed by atoms with E-state index in [1.807, 2.05) is 125 Å². The van der Waals surface area contributed by atoms with Crippen LogP contribution in [0.1, 0.15) is 59.1 Å². The zero-order chi connectivity index (χ0) is 25.5. The van der Waals surface area contributed by atoms with Crippen LogP contribution in [0.5, 0.6) is 11.5 Å². The number of ketones is 1. The molecule has 4 rings (SSSR count). The Labute approximate surface area is 214 Å². The monoisotopic (exact) mass is 478 g/mol. The summed E-state index contributed by atoms with van der Waals surface area (Å²) in [5, 5.41) is 0. The molecule has 0 N–H and O–H groups in total. The Bertz CT molecular complexity index is 1190. The van der Waals surface area contributed by atoms with Crippen molar-refractivity contribution in [3.63, 3.8) is 0 Å². The molecule has 0 aliphatic rings. The van der Waals surface area contributed by atoms with E-state index in [9.17, 15) is 4.79 Å². The first-order chi connectivity index (χ1) is 17.4. The van der Waals surface area contributed by atoms with E-state index >= 15 is 0 Å². The third-order valence-electron chi connectivity index (χ3n) is 6.77. The zero-order valence-electron chi connectivity index (χ0n) is 21.5. The minimum absolute atomic E-state index is 0.206. The summed E-state index contributed by atoms with van der Waals surface area (Å²) < 4.78 is 11.9. The second-order valence-corrected chi connectivity index (χ2v) is 9.43. The maximum absolute atomic E-state index is 13.5. The molecule has 0 spiro atoms. The Morgan fingerprint density at radius 3 is 1.36 bits per heavy atom. The lowest BCUT2D eigenvalue weighted by molar-refractivity contribution is -0.121. The molecule has 4 aromatic carbocycles. The Balaban J connectivity index is 1.40. The third-order valence-corrected chi connectivity index (χ3v) is 6.77. The highest BCUT2D eigenvalue weighted by atomic mass is 16.5. The van der Waals surface area contributed by atoms with Crippen LogP contribution in [0, 0.1) is 13.8 Å². The molecule has 0 amide bonds. The maximum Gasteiger partial charge on any atom is 0.147 e. The van der Waals surface area contributed by atoms with Crippen LogP contribution in [0.4, 0.5) is 0 Å². The number of hydrogen-bond acceptors (Lipinski definition) is 3. The van der Waals surface area contributed by atoms with Crippen LogP contribution in [0.25, 0.3) is 0 Å². The zero-order valence-corrected chi connectivity index (χ0v) is 21.5. The van der Waals surface area contributed by atoms with Gasteiger partial charge in [0.25, 0.3) is 0 Å². The lowest BCUT2D eigenvalue weighted by Crippen LogP contribution is -2.18. The lowest BCUT2D eigenvalue weighted by Gasteiger charge is -2.21. The number of benzene rings is 4. The molecular formula is C33H34O3. The van der Waals surface area contributed by atoms with Gasteiger partial charge >= 0.3 is 0 Å².